The molecule has 0 spiro atoms. The lowest BCUT2D eigenvalue weighted by Gasteiger charge is -2.34. The van der Waals surface area contributed by atoms with E-state index in [2.05, 4.69) is 35.6 Å². The molecule has 4 nitrogen and oxygen atoms in total. The van der Waals surface area contributed by atoms with E-state index in [-0.39, 0.29) is 4.90 Å². The zero-order chi connectivity index (χ0) is 16.4. The van der Waals surface area contributed by atoms with Gasteiger partial charge in [0.05, 0.1) is 4.90 Å². The minimum absolute atomic E-state index is 0.248. The molecule has 0 aliphatic carbocycles. The summed E-state index contributed by atoms with van der Waals surface area (Å²) in [5.41, 5.74) is 3.41. The van der Waals surface area contributed by atoms with Gasteiger partial charge >= 0.3 is 0 Å². The third kappa shape index (κ3) is 3.62. The smallest absolute Gasteiger partial charge is 0.283 e. The van der Waals surface area contributed by atoms with E-state index in [1.54, 1.807) is 24.3 Å². The van der Waals surface area contributed by atoms with Crippen molar-refractivity contribution in [2.24, 2.45) is 4.40 Å². The van der Waals surface area contributed by atoms with Crippen LogP contribution in [-0.4, -0.2) is 25.7 Å². The Balaban J connectivity index is 1.76. The van der Waals surface area contributed by atoms with Gasteiger partial charge in [0.1, 0.15) is 5.84 Å². The fourth-order valence-electron chi connectivity index (χ4n) is 2.46. The van der Waals surface area contributed by atoms with Gasteiger partial charge in [0, 0.05) is 19.5 Å². The molecule has 0 aromatic heterocycles. The summed E-state index contributed by atoms with van der Waals surface area (Å²) in [5, 5.41) is 0. The van der Waals surface area contributed by atoms with Gasteiger partial charge in [0.2, 0.25) is 0 Å². The van der Waals surface area contributed by atoms with Gasteiger partial charge in [-0.1, -0.05) is 47.5 Å². The van der Waals surface area contributed by atoms with Crippen LogP contribution in [0, 0.1) is 13.8 Å². The molecule has 0 atom stereocenters. The number of amidine groups is 1. The van der Waals surface area contributed by atoms with Gasteiger partial charge in [-0.3, -0.25) is 0 Å². The molecule has 120 valence electrons. The van der Waals surface area contributed by atoms with Crippen LogP contribution in [0.5, 0.6) is 0 Å². The van der Waals surface area contributed by atoms with Gasteiger partial charge in [0.15, 0.2) is 0 Å². The molecule has 0 bridgehead atoms. The number of nitrogens with zero attached hydrogens (tertiary/aromatic N) is 2. The quantitative estimate of drug-likeness (QED) is 0.865. The van der Waals surface area contributed by atoms with Crippen LogP contribution in [0.4, 0.5) is 0 Å². The number of hydrogen-bond donors (Lipinski definition) is 0. The molecule has 0 unspecified atom stereocenters. The van der Waals surface area contributed by atoms with Gasteiger partial charge in [-0.15, -0.1) is 4.40 Å². The van der Waals surface area contributed by atoms with E-state index in [0.29, 0.717) is 18.8 Å². The maximum atomic E-state index is 12.4. The summed E-state index contributed by atoms with van der Waals surface area (Å²) < 4.78 is 28.8. The highest BCUT2D eigenvalue weighted by Gasteiger charge is 2.25. The summed E-state index contributed by atoms with van der Waals surface area (Å²) >= 11 is 0. The van der Waals surface area contributed by atoms with Crippen LogP contribution in [0.15, 0.2) is 57.8 Å². The minimum atomic E-state index is -3.62. The number of aryl methyl sites for hydroxylation is 2. The zero-order valence-electron chi connectivity index (χ0n) is 13.4. The van der Waals surface area contributed by atoms with Crippen molar-refractivity contribution in [3.8, 4) is 0 Å². The summed E-state index contributed by atoms with van der Waals surface area (Å²) in [6.45, 7) is 5.52. The molecule has 0 amide bonds. The fourth-order valence-corrected chi connectivity index (χ4v) is 3.53. The third-order valence-electron chi connectivity index (χ3n) is 4.01. The molecule has 1 saturated heterocycles. The summed E-state index contributed by atoms with van der Waals surface area (Å²) in [7, 11) is -3.62. The number of benzene rings is 2. The minimum Gasteiger partial charge on any atom is -0.355 e. The standard InChI is InChI=1S/C18H20N2O2S/c1-14-3-7-16(8-4-14)13-20-12-11-18(20)19-23(21,22)17-9-5-15(2)6-10-17/h3-10H,11-13H2,1-2H3/b19-18+. The van der Waals surface area contributed by atoms with Crippen LogP contribution in [-0.2, 0) is 16.6 Å². The zero-order valence-corrected chi connectivity index (χ0v) is 14.2. The number of likely N-dealkylation sites (tertiary alicyclic amines) is 1. The first-order valence-corrected chi connectivity index (χ1v) is 9.09. The van der Waals surface area contributed by atoms with Gasteiger partial charge in [-0.05, 0) is 31.5 Å². The van der Waals surface area contributed by atoms with Crippen LogP contribution in [0.1, 0.15) is 23.1 Å². The Bertz CT molecular complexity index is 822. The van der Waals surface area contributed by atoms with E-state index >= 15 is 0 Å². The van der Waals surface area contributed by atoms with E-state index in [4.69, 9.17) is 0 Å². The molecule has 0 N–H and O–H groups in total. The number of sulfonamides is 1. The molecule has 0 saturated carbocycles. The fraction of sp³-hybridized carbons (Fsp3) is 0.278. The summed E-state index contributed by atoms with van der Waals surface area (Å²) in [5.74, 6) is 0.645. The van der Waals surface area contributed by atoms with E-state index < -0.39 is 10.0 Å². The Hall–Kier alpha value is -2.14. The van der Waals surface area contributed by atoms with E-state index in [1.807, 2.05) is 11.8 Å². The van der Waals surface area contributed by atoms with Crippen molar-refractivity contribution >= 4 is 15.9 Å². The maximum absolute atomic E-state index is 12.4. The van der Waals surface area contributed by atoms with Crippen LogP contribution in [0.2, 0.25) is 0 Å². The van der Waals surface area contributed by atoms with Gasteiger partial charge in [-0.2, -0.15) is 8.42 Å². The Kier molecular flexibility index (Phi) is 4.22. The molecule has 5 heteroatoms. The average molecular weight is 328 g/mol. The van der Waals surface area contributed by atoms with Gasteiger partial charge in [-0.25, -0.2) is 0 Å². The Labute approximate surface area is 137 Å². The van der Waals surface area contributed by atoms with Crippen molar-refractivity contribution in [1.82, 2.24) is 4.90 Å². The molecule has 1 fully saturated rings. The first-order valence-electron chi connectivity index (χ1n) is 7.65. The topological polar surface area (TPSA) is 49.7 Å². The van der Waals surface area contributed by atoms with Crippen LogP contribution >= 0.6 is 0 Å². The monoisotopic (exact) mass is 328 g/mol. The first kappa shape index (κ1) is 15.7. The molecule has 3 rings (SSSR count). The van der Waals surface area contributed by atoms with Crippen molar-refractivity contribution in [3.05, 3.63) is 65.2 Å². The van der Waals surface area contributed by atoms with Crippen molar-refractivity contribution < 1.29 is 8.42 Å². The summed E-state index contributed by atoms with van der Waals surface area (Å²) in [4.78, 5) is 2.26. The van der Waals surface area contributed by atoms with E-state index in [9.17, 15) is 8.42 Å². The van der Waals surface area contributed by atoms with Crippen LogP contribution in [0.3, 0.4) is 0 Å². The second-order valence-electron chi connectivity index (χ2n) is 5.95. The Morgan fingerprint density at radius 2 is 1.52 bits per heavy atom. The molecule has 23 heavy (non-hydrogen) atoms. The highest BCUT2D eigenvalue weighted by atomic mass is 32.2. The first-order chi connectivity index (χ1) is 10.9. The van der Waals surface area contributed by atoms with Crippen molar-refractivity contribution in [1.29, 1.82) is 0 Å². The molecule has 2 aromatic carbocycles. The lowest BCUT2D eigenvalue weighted by Crippen LogP contribution is -2.43. The molecular formula is C18H20N2O2S. The Morgan fingerprint density at radius 1 is 0.957 bits per heavy atom. The number of rotatable bonds is 4. The van der Waals surface area contributed by atoms with Crippen LogP contribution in [0.25, 0.3) is 0 Å². The second-order valence-corrected chi connectivity index (χ2v) is 7.56. The molecule has 0 radical (unpaired) electrons. The third-order valence-corrected chi connectivity index (χ3v) is 5.33. The molecule has 1 heterocycles. The lowest BCUT2D eigenvalue weighted by atomic mass is 10.1. The number of hydrogen-bond acceptors (Lipinski definition) is 2. The van der Waals surface area contributed by atoms with Crippen molar-refractivity contribution in [3.63, 3.8) is 0 Å². The molecule has 2 aromatic rings. The highest BCUT2D eigenvalue weighted by molar-refractivity contribution is 7.90. The molecule has 1 aliphatic heterocycles. The predicted molar refractivity (Wildman–Crippen MR) is 92.0 cm³/mol. The predicted octanol–water partition coefficient (Wildman–Crippen LogP) is 3.30. The average Bonchev–Trinajstić information content (AvgIpc) is 2.51. The normalized spacial score (nSPS) is 16.4. The Morgan fingerprint density at radius 3 is 2.04 bits per heavy atom. The molecular weight excluding hydrogens is 308 g/mol. The lowest BCUT2D eigenvalue weighted by molar-refractivity contribution is 0.352. The van der Waals surface area contributed by atoms with Crippen LogP contribution < -0.4 is 0 Å². The van der Waals surface area contributed by atoms with Gasteiger partial charge < -0.3 is 4.90 Å². The van der Waals surface area contributed by atoms with E-state index in [0.717, 1.165) is 17.7 Å². The SMILES string of the molecule is Cc1ccc(CN2CC/C2=N\S(=O)(=O)c2ccc(C)cc2)cc1. The summed E-state index contributed by atoms with van der Waals surface area (Å²) in [6, 6.07) is 15.1. The molecule has 1 aliphatic rings. The maximum Gasteiger partial charge on any atom is 0.283 e. The van der Waals surface area contributed by atoms with Gasteiger partial charge in [0.25, 0.3) is 10.0 Å². The van der Waals surface area contributed by atoms with Crippen molar-refractivity contribution in [2.75, 3.05) is 6.54 Å². The summed E-state index contributed by atoms with van der Waals surface area (Å²) in [6.07, 6.45) is 0.705. The largest absolute Gasteiger partial charge is 0.355 e. The highest BCUT2D eigenvalue weighted by Crippen LogP contribution is 2.20. The second kappa shape index (κ2) is 6.16. The van der Waals surface area contributed by atoms with E-state index in [1.165, 1.54) is 5.56 Å². The van der Waals surface area contributed by atoms with Crippen molar-refractivity contribution in [2.45, 2.75) is 31.7 Å².